The molecule has 1 aliphatic heterocycles. The van der Waals surface area contributed by atoms with E-state index in [2.05, 4.69) is 34.3 Å². The zero-order valence-electron chi connectivity index (χ0n) is 15.8. The Morgan fingerprint density at radius 2 is 2.15 bits per heavy atom. The predicted molar refractivity (Wildman–Crippen MR) is 104 cm³/mol. The Labute approximate surface area is 156 Å². The van der Waals surface area contributed by atoms with Crippen LogP contribution in [0.1, 0.15) is 30.9 Å². The summed E-state index contributed by atoms with van der Waals surface area (Å²) in [6, 6.07) is 10.7. The van der Waals surface area contributed by atoms with Crippen LogP contribution in [0, 0.1) is 0 Å². The van der Waals surface area contributed by atoms with Crippen LogP contribution in [0.4, 0.5) is 0 Å². The van der Waals surface area contributed by atoms with Crippen LogP contribution in [0.15, 0.2) is 42.7 Å². The molecular weight excluding hydrogens is 326 g/mol. The monoisotopic (exact) mass is 355 g/mol. The van der Waals surface area contributed by atoms with E-state index in [1.54, 1.807) is 13.3 Å². The van der Waals surface area contributed by atoms with Crippen molar-refractivity contribution in [1.82, 2.24) is 15.2 Å². The second-order valence-corrected chi connectivity index (χ2v) is 6.69. The van der Waals surface area contributed by atoms with Gasteiger partial charge in [0.1, 0.15) is 6.61 Å². The van der Waals surface area contributed by atoms with Crippen LogP contribution >= 0.6 is 0 Å². The minimum atomic E-state index is 0.481. The van der Waals surface area contributed by atoms with E-state index < -0.39 is 0 Å². The summed E-state index contributed by atoms with van der Waals surface area (Å²) < 4.78 is 11.4. The topological polar surface area (TPSA) is 46.6 Å². The van der Waals surface area contributed by atoms with Gasteiger partial charge in [0.05, 0.1) is 7.11 Å². The summed E-state index contributed by atoms with van der Waals surface area (Å²) >= 11 is 0. The zero-order valence-corrected chi connectivity index (χ0v) is 15.8. The van der Waals surface area contributed by atoms with E-state index in [-0.39, 0.29) is 0 Å². The molecule has 26 heavy (non-hydrogen) atoms. The van der Waals surface area contributed by atoms with E-state index in [1.165, 1.54) is 24.9 Å². The molecule has 1 N–H and O–H groups in total. The van der Waals surface area contributed by atoms with E-state index in [9.17, 15) is 0 Å². The van der Waals surface area contributed by atoms with Gasteiger partial charge < -0.3 is 14.8 Å². The average Bonchev–Trinajstić information content (AvgIpc) is 3.15. The lowest BCUT2D eigenvalue weighted by Gasteiger charge is -2.23. The average molecular weight is 355 g/mol. The molecule has 1 aromatic carbocycles. The lowest BCUT2D eigenvalue weighted by Crippen LogP contribution is -2.37. The normalized spacial score (nSPS) is 17.4. The number of likely N-dealkylation sites (tertiary alicyclic amines) is 1. The Bertz CT molecular complexity index is 678. The van der Waals surface area contributed by atoms with Gasteiger partial charge in [0.15, 0.2) is 11.5 Å². The number of aromatic nitrogens is 1. The van der Waals surface area contributed by atoms with Crippen LogP contribution in [-0.4, -0.2) is 42.7 Å². The van der Waals surface area contributed by atoms with Crippen molar-refractivity contribution in [3.8, 4) is 11.5 Å². The van der Waals surface area contributed by atoms with Gasteiger partial charge in [-0.1, -0.05) is 19.1 Å². The second kappa shape index (κ2) is 9.55. The van der Waals surface area contributed by atoms with E-state index in [0.717, 1.165) is 36.7 Å². The van der Waals surface area contributed by atoms with Gasteiger partial charge in [-0.3, -0.25) is 9.88 Å². The molecule has 0 amide bonds. The molecule has 5 heteroatoms. The molecule has 1 fully saturated rings. The second-order valence-electron chi connectivity index (χ2n) is 6.69. The molecule has 2 aromatic rings. The summed E-state index contributed by atoms with van der Waals surface area (Å²) in [7, 11) is 1.67. The summed E-state index contributed by atoms with van der Waals surface area (Å²) in [6.07, 6.45) is 6.19. The van der Waals surface area contributed by atoms with Crippen molar-refractivity contribution in [3.05, 3.63) is 53.9 Å². The molecule has 1 aromatic heterocycles. The molecule has 1 unspecified atom stereocenters. The van der Waals surface area contributed by atoms with Crippen molar-refractivity contribution in [2.24, 2.45) is 0 Å². The van der Waals surface area contributed by atoms with Gasteiger partial charge >= 0.3 is 0 Å². The van der Waals surface area contributed by atoms with E-state index in [4.69, 9.17) is 9.47 Å². The smallest absolute Gasteiger partial charge is 0.161 e. The predicted octanol–water partition coefficient (Wildman–Crippen LogP) is 3.24. The minimum absolute atomic E-state index is 0.481. The molecule has 0 bridgehead atoms. The minimum Gasteiger partial charge on any atom is -0.493 e. The van der Waals surface area contributed by atoms with Crippen LogP contribution in [0.25, 0.3) is 0 Å². The highest BCUT2D eigenvalue weighted by Crippen LogP contribution is 2.29. The van der Waals surface area contributed by atoms with Crippen LogP contribution in [0.5, 0.6) is 11.5 Å². The molecule has 0 radical (unpaired) electrons. The summed E-state index contributed by atoms with van der Waals surface area (Å²) in [5, 5.41) is 3.60. The number of ether oxygens (including phenoxy) is 2. The van der Waals surface area contributed by atoms with Crippen LogP contribution < -0.4 is 14.8 Å². The van der Waals surface area contributed by atoms with Gasteiger partial charge in [0.2, 0.25) is 0 Å². The first-order valence-corrected chi connectivity index (χ1v) is 9.43. The third-order valence-corrected chi connectivity index (χ3v) is 4.96. The van der Waals surface area contributed by atoms with Gasteiger partial charge in [-0.2, -0.15) is 0 Å². The molecule has 140 valence electrons. The molecule has 0 saturated carbocycles. The Morgan fingerprint density at radius 1 is 1.23 bits per heavy atom. The zero-order chi connectivity index (χ0) is 18.2. The third-order valence-electron chi connectivity index (χ3n) is 4.96. The van der Waals surface area contributed by atoms with Crippen molar-refractivity contribution >= 4 is 0 Å². The molecule has 2 heterocycles. The third kappa shape index (κ3) is 4.96. The molecule has 0 spiro atoms. The maximum atomic E-state index is 5.97. The Balaban J connectivity index is 1.56. The van der Waals surface area contributed by atoms with Crippen molar-refractivity contribution in [2.45, 2.75) is 39.0 Å². The Morgan fingerprint density at radius 3 is 2.92 bits per heavy atom. The van der Waals surface area contributed by atoms with Crippen LogP contribution in [-0.2, 0) is 13.2 Å². The Hall–Kier alpha value is -2.11. The van der Waals surface area contributed by atoms with E-state index in [1.807, 2.05) is 24.4 Å². The summed E-state index contributed by atoms with van der Waals surface area (Å²) in [4.78, 5) is 6.68. The summed E-state index contributed by atoms with van der Waals surface area (Å²) in [5.41, 5.74) is 2.24. The standard InChI is InChI=1S/C21H29N3O2/c1-3-24-11-5-7-19(24)15-23-13-17-8-9-20(25-2)21(12-17)26-16-18-6-4-10-22-14-18/h4,6,8-10,12,14,19,23H,3,5,7,11,13,15-16H2,1-2H3. The lowest BCUT2D eigenvalue weighted by molar-refractivity contribution is 0.259. The van der Waals surface area contributed by atoms with Gasteiger partial charge in [-0.05, 0) is 49.7 Å². The number of hydrogen-bond donors (Lipinski definition) is 1. The number of rotatable bonds is 9. The fourth-order valence-corrected chi connectivity index (χ4v) is 3.51. The van der Waals surface area contributed by atoms with E-state index in [0.29, 0.717) is 12.6 Å². The molecule has 0 aliphatic carbocycles. The van der Waals surface area contributed by atoms with Gasteiger partial charge in [-0.25, -0.2) is 0 Å². The van der Waals surface area contributed by atoms with E-state index >= 15 is 0 Å². The number of methoxy groups -OCH3 is 1. The van der Waals surface area contributed by atoms with Crippen molar-refractivity contribution in [1.29, 1.82) is 0 Å². The number of hydrogen-bond acceptors (Lipinski definition) is 5. The van der Waals surface area contributed by atoms with Gasteiger partial charge in [0.25, 0.3) is 0 Å². The fraction of sp³-hybridized carbons (Fsp3) is 0.476. The highest BCUT2D eigenvalue weighted by Gasteiger charge is 2.22. The quantitative estimate of drug-likeness (QED) is 0.748. The SMILES string of the molecule is CCN1CCCC1CNCc1ccc(OC)c(OCc2cccnc2)c1. The first kappa shape index (κ1) is 18.7. The van der Waals surface area contributed by atoms with Crippen LogP contribution in [0.2, 0.25) is 0 Å². The van der Waals surface area contributed by atoms with Crippen molar-refractivity contribution in [3.63, 3.8) is 0 Å². The number of benzene rings is 1. The number of likely N-dealkylation sites (N-methyl/N-ethyl adjacent to an activating group) is 1. The largest absolute Gasteiger partial charge is 0.493 e. The summed E-state index contributed by atoms with van der Waals surface area (Å²) in [6.45, 7) is 6.97. The first-order chi connectivity index (χ1) is 12.8. The number of nitrogens with one attached hydrogen (secondary N) is 1. The first-order valence-electron chi connectivity index (χ1n) is 9.43. The molecule has 1 atom stereocenters. The van der Waals surface area contributed by atoms with Gasteiger partial charge in [0, 0.05) is 37.1 Å². The lowest BCUT2D eigenvalue weighted by atomic mass is 10.1. The maximum absolute atomic E-state index is 5.97. The molecule has 1 saturated heterocycles. The van der Waals surface area contributed by atoms with Crippen molar-refractivity contribution in [2.75, 3.05) is 26.7 Å². The van der Waals surface area contributed by atoms with Crippen LogP contribution in [0.3, 0.4) is 0 Å². The highest BCUT2D eigenvalue weighted by atomic mass is 16.5. The molecule has 1 aliphatic rings. The fourth-order valence-electron chi connectivity index (χ4n) is 3.51. The molecule has 3 rings (SSSR count). The van der Waals surface area contributed by atoms with Gasteiger partial charge in [-0.15, -0.1) is 0 Å². The number of nitrogens with zero attached hydrogens (tertiary/aromatic N) is 2. The highest BCUT2D eigenvalue weighted by molar-refractivity contribution is 5.43. The summed E-state index contributed by atoms with van der Waals surface area (Å²) in [5.74, 6) is 1.53. The molecular formula is C21H29N3O2. The maximum Gasteiger partial charge on any atom is 0.161 e. The number of pyridine rings is 1. The Kier molecular flexibility index (Phi) is 6.86. The molecule has 5 nitrogen and oxygen atoms in total. The van der Waals surface area contributed by atoms with Crippen molar-refractivity contribution < 1.29 is 9.47 Å².